The zero-order chi connectivity index (χ0) is 16.1. The van der Waals surface area contributed by atoms with Crippen LogP contribution in [0, 0.1) is 0 Å². The molecule has 0 saturated carbocycles. The molecule has 0 radical (unpaired) electrons. The molecule has 124 valence electrons. The van der Waals surface area contributed by atoms with E-state index in [0.29, 0.717) is 18.4 Å². The number of nitrogens with zero attached hydrogens (tertiary/aromatic N) is 2. The van der Waals surface area contributed by atoms with Gasteiger partial charge in [-0.1, -0.05) is 0 Å². The first-order valence-corrected chi connectivity index (χ1v) is 8.10. The number of hydrogen-bond acceptors (Lipinski definition) is 6. The highest BCUT2D eigenvalue weighted by atomic mass is 16.5. The van der Waals surface area contributed by atoms with Gasteiger partial charge in [0.1, 0.15) is 17.6 Å². The standard InChI is InChI=1S/C17H22N2O4/c1-3-20-13-7-9-14(10-8-13)22-12(2)16-18-19-17(23-16)15-6-4-5-11-21-15/h7-10,12,15H,3-6,11H2,1-2H3/t12-,15+/m0/s1. The number of hydrogen-bond donors (Lipinski definition) is 0. The molecule has 0 amide bonds. The van der Waals surface area contributed by atoms with Gasteiger partial charge < -0.3 is 18.6 Å². The van der Waals surface area contributed by atoms with E-state index in [-0.39, 0.29) is 12.2 Å². The first-order valence-electron chi connectivity index (χ1n) is 8.10. The number of ether oxygens (including phenoxy) is 3. The Morgan fingerprint density at radius 2 is 1.96 bits per heavy atom. The molecule has 2 aromatic rings. The van der Waals surface area contributed by atoms with Crippen LogP contribution in [0.25, 0.3) is 0 Å². The molecular formula is C17H22N2O4. The molecule has 1 fully saturated rings. The lowest BCUT2D eigenvalue weighted by atomic mass is 10.1. The fraction of sp³-hybridized carbons (Fsp3) is 0.529. The van der Waals surface area contributed by atoms with Gasteiger partial charge in [-0.15, -0.1) is 10.2 Å². The summed E-state index contributed by atoms with van der Waals surface area (Å²) in [5, 5.41) is 8.19. The zero-order valence-electron chi connectivity index (χ0n) is 13.5. The SMILES string of the molecule is CCOc1ccc(O[C@@H](C)c2nnc([C@H]3CCCCO3)o2)cc1. The van der Waals surface area contributed by atoms with Crippen LogP contribution in [-0.4, -0.2) is 23.4 Å². The molecule has 1 aliphatic rings. The second kappa shape index (κ2) is 7.46. The summed E-state index contributed by atoms with van der Waals surface area (Å²) in [6.07, 6.45) is 2.74. The van der Waals surface area contributed by atoms with E-state index in [1.54, 1.807) is 0 Å². The topological polar surface area (TPSA) is 66.6 Å². The van der Waals surface area contributed by atoms with Crippen LogP contribution in [0.15, 0.2) is 28.7 Å². The highest BCUT2D eigenvalue weighted by molar-refractivity contribution is 5.31. The molecule has 1 aromatic heterocycles. The van der Waals surface area contributed by atoms with Crippen molar-refractivity contribution in [3.8, 4) is 11.5 Å². The zero-order valence-corrected chi connectivity index (χ0v) is 13.5. The average Bonchev–Trinajstić information content (AvgIpc) is 3.08. The third-order valence-electron chi connectivity index (χ3n) is 3.71. The summed E-state index contributed by atoms with van der Waals surface area (Å²) < 4.78 is 22.6. The summed E-state index contributed by atoms with van der Waals surface area (Å²) >= 11 is 0. The lowest BCUT2D eigenvalue weighted by Crippen LogP contribution is -2.11. The van der Waals surface area contributed by atoms with Crippen molar-refractivity contribution in [2.24, 2.45) is 0 Å². The molecule has 0 unspecified atom stereocenters. The van der Waals surface area contributed by atoms with Crippen LogP contribution in [0.4, 0.5) is 0 Å². The maximum Gasteiger partial charge on any atom is 0.256 e. The Balaban J connectivity index is 1.61. The van der Waals surface area contributed by atoms with Crippen molar-refractivity contribution >= 4 is 0 Å². The minimum Gasteiger partial charge on any atom is -0.494 e. The van der Waals surface area contributed by atoms with Crippen molar-refractivity contribution in [2.75, 3.05) is 13.2 Å². The van der Waals surface area contributed by atoms with Gasteiger partial charge in [0.25, 0.3) is 5.89 Å². The number of rotatable bonds is 6. The van der Waals surface area contributed by atoms with Crippen LogP contribution >= 0.6 is 0 Å². The van der Waals surface area contributed by atoms with Crippen LogP contribution in [0.5, 0.6) is 11.5 Å². The van der Waals surface area contributed by atoms with Crippen LogP contribution in [0.3, 0.4) is 0 Å². The fourth-order valence-corrected chi connectivity index (χ4v) is 2.51. The van der Waals surface area contributed by atoms with Crippen molar-refractivity contribution < 1.29 is 18.6 Å². The minimum atomic E-state index is -0.321. The first-order chi connectivity index (χ1) is 11.3. The molecule has 0 bridgehead atoms. The van der Waals surface area contributed by atoms with Crippen LogP contribution in [0.1, 0.15) is 57.1 Å². The average molecular weight is 318 g/mol. The molecule has 0 N–H and O–H groups in total. The highest BCUT2D eigenvalue weighted by Gasteiger charge is 2.24. The molecule has 3 rings (SSSR count). The molecule has 1 saturated heterocycles. The third-order valence-corrected chi connectivity index (χ3v) is 3.71. The quantitative estimate of drug-likeness (QED) is 0.806. The van der Waals surface area contributed by atoms with Gasteiger partial charge in [0.05, 0.1) is 6.61 Å². The summed E-state index contributed by atoms with van der Waals surface area (Å²) in [6, 6.07) is 7.48. The summed E-state index contributed by atoms with van der Waals surface area (Å²) in [5.74, 6) is 2.56. The van der Waals surface area contributed by atoms with E-state index in [2.05, 4.69) is 10.2 Å². The van der Waals surface area contributed by atoms with Crippen LogP contribution in [0.2, 0.25) is 0 Å². The Morgan fingerprint density at radius 1 is 1.17 bits per heavy atom. The molecule has 2 heterocycles. The monoisotopic (exact) mass is 318 g/mol. The fourth-order valence-electron chi connectivity index (χ4n) is 2.51. The van der Waals surface area contributed by atoms with Gasteiger partial charge in [-0.3, -0.25) is 0 Å². The van der Waals surface area contributed by atoms with Crippen molar-refractivity contribution in [2.45, 2.75) is 45.3 Å². The highest BCUT2D eigenvalue weighted by Crippen LogP contribution is 2.29. The second-order valence-electron chi connectivity index (χ2n) is 5.50. The Kier molecular flexibility index (Phi) is 5.12. The molecule has 6 heteroatoms. The lowest BCUT2D eigenvalue weighted by Gasteiger charge is -2.19. The predicted molar refractivity (Wildman–Crippen MR) is 83.5 cm³/mol. The second-order valence-corrected chi connectivity index (χ2v) is 5.50. The maximum absolute atomic E-state index is 5.84. The molecule has 6 nitrogen and oxygen atoms in total. The Bertz CT molecular complexity index is 605. The minimum absolute atomic E-state index is 0.0809. The third kappa shape index (κ3) is 4.01. The molecule has 2 atom stereocenters. The Morgan fingerprint density at radius 3 is 2.65 bits per heavy atom. The van der Waals surface area contributed by atoms with E-state index >= 15 is 0 Å². The number of aromatic nitrogens is 2. The molecule has 0 spiro atoms. The molecule has 1 aliphatic heterocycles. The number of benzene rings is 1. The van der Waals surface area contributed by atoms with E-state index in [0.717, 1.165) is 37.4 Å². The van der Waals surface area contributed by atoms with Crippen molar-refractivity contribution in [1.82, 2.24) is 10.2 Å². The van der Waals surface area contributed by atoms with Crippen molar-refractivity contribution in [1.29, 1.82) is 0 Å². The largest absolute Gasteiger partial charge is 0.494 e. The summed E-state index contributed by atoms with van der Waals surface area (Å²) in [6.45, 7) is 5.23. The van der Waals surface area contributed by atoms with Gasteiger partial charge in [-0.05, 0) is 57.4 Å². The van der Waals surface area contributed by atoms with E-state index in [1.165, 1.54) is 0 Å². The van der Waals surface area contributed by atoms with Gasteiger partial charge >= 0.3 is 0 Å². The van der Waals surface area contributed by atoms with Crippen LogP contribution in [-0.2, 0) is 4.74 Å². The van der Waals surface area contributed by atoms with Crippen molar-refractivity contribution in [3.05, 3.63) is 36.0 Å². The normalized spacial score (nSPS) is 19.3. The van der Waals surface area contributed by atoms with E-state index in [1.807, 2.05) is 38.1 Å². The summed E-state index contributed by atoms with van der Waals surface area (Å²) in [4.78, 5) is 0. The van der Waals surface area contributed by atoms with Gasteiger partial charge in [-0.2, -0.15) is 0 Å². The van der Waals surface area contributed by atoms with Gasteiger partial charge in [-0.25, -0.2) is 0 Å². The van der Waals surface area contributed by atoms with E-state index in [4.69, 9.17) is 18.6 Å². The lowest BCUT2D eigenvalue weighted by molar-refractivity contribution is -0.00312. The van der Waals surface area contributed by atoms with Crippen molar-refractivity contribution in [3.63, 3.8) is 0 Å². The maximum atomic E-state index is 5.84. The molecule has 23 heavy (non-hydrogen) atoms. The summed E-state index contributed by atoms with van der Waals surface area (Å²) in [5.41, 5.74) is 0. The molecular weight excluding hydrogens is 296 g/mol. The Hall–Kier alpha value is -2.08. The first kappa shape index (κ1) is 15.8. The molecule has 1 aromatic carbocycles. The van der Waals surface area contributed by atoms with E-state index in [9.17, 15) is 0 Å². The van der Waals surface area contributed by atoms with Crippen LogP contribution < -0.4 is 9.47 Å². The van der Waals surface area contributed by atoms with E-state index < -0.39 is 0 Å². The van der Waals surface area contributed by atoms with Gasteiger partial charge in [0.15, 0.2) is 6.10 Å². The predicted octanol–water partition coefficient (Wildman–Crippen LogP) is 3.85. The Labute approximate surface area is 135 Å². The summed E-state index contributed by atoms with van der Waals surface area (Å²) in [7, 11) is 0. The van der Waals surface area contributed by atoms with Gasteiger partial charge in [0, 0.05) is 6.61 Å². The molecule has 0 aliphatic carbocycles. The van der Waals surface area contributed by atoms with Gasteiger partial charge in [0.2, 0.25) is 5.89 Å². The smallest absolute Gasteiger partial charge is 0.256 e.